The summed E-state index contributed by atoms with van der Waals surface area (Å²) in [5, 5.41) is 22.1. The minimum atomic E-state index is -1.82. The standard InChI is InChI=1S/C5H7N3.C2H2O4/c6-4-5-2-1-3-7-8-5;3-1(4)2(5)6/h1-3H,4,6H2;(H,3,4)(H,5,6). The maximum absolute atomic E-state index is 9.10. The van der Waals surface area contributed by atoms with E-state index >= 15 is 0 Å². The third-order valence-electron chi connectivity index (χ3n) is 1.02. The van der Waals surface area contributed by atoms with Gasteiger partial charge < -0.3 is 15.9 Å². The Morgan fingerprint density at radius 1 is 1.36 bits per heavy atom. The lowest BCUT2D eigenvalue weighted by molar-refractivity contribution is -0.159. The number of carbonyl (C=O) groups is 2. The molecule has 0 fully saturated rings. The van der Waals surface area contributed by atoms with Crippen LogP contribution in [0.4, 0.5) is 0 Å². The van der Waals surface area contributed by atoms with E-state index in [0.29, 0.717) is 6.54 Å². The molecule has 0 aliphatic carbocycles. The molecular weight excluding hydrogens is 190 g/mol. The van der Waals surface area contributed by atoms with Crippen molar-refractivity contribution < 1.29 is 19.8 Å². The summed E-state index contributed by atoms with van der Waals surface area (Å²) in [6, 6.07) is 3.65. The van der Waals surface area contributed by atoms with Gasteiger partial charge in [0.05, 0.1) is 5.69 Å². The van der Waals surface area contributed by atoms with Gasteiger partial charge in [0.15, 0.2) is 0 Å². The highest BCUT2D eigenvalue weighted by atomic mass is 16.4. The molecule has 7 nitrogen and oxygen atoms in total. The summed E-state index contributed by atoms with van der Waals surface area (Å²) in [4.78, 5) is 18.2. The molecule has 4 N–H and O–H groups in total. The molecule has 1 aromatic heterocycles. The van der Waals surface area contributed by atoms with Gasteiger partial charge in [0.2, 0.25) is 0 Å². The van der Waals surface area contributed by atoms with Crippen LogP contribution in [0.3, 0.4) is 0 Å². The van der Waals surface area contributed by atoms with Crippen LogP contribution in [0.15, 0.2) is 18.3 Å². The quantitative estimate of drug-likeness (QED) is 0.499. The van der Waals surface area contributed by atoms with Crippen molar-refractivity contribution in [1.29, 1.82) is 0 Å². The van der Waals surface area contributed by atoms with Crippen LogP contribution < -0.4 is 5.73 Å². The second-order valence-electron chi connectivity index (χ2n) is 2.03. The molecule has 0 aliphatic rings. The van der Waals surface area contributed by atoms with Gasteiger partial charge in [-0.2, -0.15) is 10.2 Å². The molecule has 0 spiro atoms. The van der Waals surface area contributed by atoms with Crippen molar-refractivity contribution in [2.45, 2.75) is 6.54 Å². The van der Waals surface area contributed by atoms with E-state index in [1.165, 1.54) is 0 Å². The lowest BCUT2D eigenvalue weighted by atomic mass is 10.4. The third kappa shape index (κ3) is 5.61. The second-order valence-corrected chi connectivity index (χ2v) is 2.03. The Morgan fingerprint density at radius 3 is 2.14 bits per heavy atom. The summed E-state index contributed by atoms with van der Waals surface area (Å²) in [7, 11) is 0. The lowest BCUT2D eigenvalue weighted by Gasteiger charge is -1.87. The lowest BCUT2D eigenvalue weighted by Crippen LogP contribution is -2.09. The molecule has 0 bridgehead atoms. The normalized spacial score (nSPS) is 8.36. The minimum Gasteiger partial charge on any atom is -0.473 e. The molecule has 0 saturated carbocycles. The predicted octanol–water partition coefficient (Wildman–Crippen LogP) is -0.909. The smallest absolute Gasteiger partial charge is 0.414 e. The summed E-state index contributed by atoms with van der Waals surface area (Å²) >= 11 is 0. The van der Waals surface area contributed by atoms with E-state index in [2.05, 4.69) is 10.2 Å². The Morgan fingerprint density at radius 2 is 1.93 bits per heavy atom. The first kappa shape index (κ1) is 12.0. The van der Waals surface area contributed by atoms with Gasteiger partial charge in [-0.1, -0.05) is 0 Å². The van der Waals surface area contributed by atoms with Crippen LogP contribution in [0.5, 0.6) is 0 Å². The summed E-state index contributed by atoms with van der Waals surface area (Å²) in [5.41, 5.74) is 6.07. The van der Waals surface area contributed by atoms with Gasteiger partial charge in [-0.3, -0.25) is 0 Å². The van der Waals surface area contributed by atoms with E-state index in [9.17, 15) is 0 Å². The Balaban J connectivity index is 0.000000255. The van der Waals surface area contributed by atoms with Crippen molar-refractivity contribution in [2.75, 3.05) is 0 Å². The zero-order valence-electron chi connectivity index (χ0n) is 7.12. The molecule has 1 rings (SSSR count). The van der Waals surface area contributed by atoms with Crippen molar-refractivity contribution in [3.8, 4) is 0 Å². The number of aromatic nitrogens is 2. The highest BCUT2D eigenvalue weighted by Gasteiger charge is 2.04. The van der Waals surface area contributed by atoms with Gasteiger partial charge in [-0.15, -0.1) is 0 Å². The number of hydrogen-bond acceptors (Lipinski definition) is 5. The first-order valence-electron chi connectivity index (χ1n) is 3.50. The van der Waals surface area contributed by atoms with Gasteiger partial charge >= 0.3 is 11.9 Å². The van der Waals surface area contributed by atoms with Gasteiger partial charge in [0, 0.05) is 12.7 Å². The third-order valence-corrected chi connectivity index (χ3v) is 1.02. The second kappa shape index (κ2) is 6.49. The molecule has 14 heavy (non-hydrogen) atoms. The highest BCUT2D eigenvalue weighted by Crippen LogP contribution is 1.85. The fraction of sp³-hybridized carbons (Fsp3) is 0.143. The number of aliphatic carboxylic acids is 2. The minimum absolute atomic E-state index is 0.466. The molecule has 76 valence electrons. The van der Waals surface area contributed by atoms with E-state index in [-0.39, 0.29) is 0 Å². The molecule has 0 atom stereocenters. The highest BCUT2D eigenvalue weighted by molar-refractivity contribution is 6.27. The van der Waals surface area contributed by atoms with Crippen LogP contribution in [0.1, 0.15) is 5.69 Å². The van der Waals surface area contributed by atoms with Crippen molar-refractivity contribution in [2.24, 2.45) is 5.73 Å². The van der Waals surface area contributed by atoms with Crippen molar-refractivity contribution >= 4 is 11.9 Å². The van der Waals surface area contributed by atoms with E-state index in [4.69, 9.17) is 25.5 Å². The summed E-state index contributed by atoms with van der Waals surface area (Å²) < 4.78 is 0. The number of nitrogens with two attached hydrogens (primary N) is 1. The zero-order valence-corrected chi connectivity index (χ0v) is 7.12. The van der Waals surface area contributed by atoms with Gasteiger partial charge in [0.1, 0.15) is 0 Å². The number of nitrogens with zero attached hydrogens (tertiary/aromatic N) is 2. The molecule has 0 unspecified atom stereocenters. The first-order chi connectivity index (χ1) is 6.57. The molecular formula is C7H9N3O4. The number of hydrogen-bond donors (Lipinski definition) is 3. The van der Waals surface area contributed by atoms with Crippen molar-refractivity contribution in [3.63, 3.8) is 0 Å². The van der Waals surface area contributed by atoms with E-state index < -0.39 is 11.9 Å². The van der Waals surface area contributed by atoms with Crippen LogP contribution in [0, 0.1) is 0 Å². The first-order valence-corrected chi connectivity index (χ1v) is 3.50. The molecule has 0 saturated heterocycles. The van der Waals surface area contributed by atoms with Crippen LogP contribution in [0.2, 0.25) is 0 Å². The monoisotopic (exact) mass is 199 g/mol. The van der Waals surface area contributed by atoms with Gasteiger partial charge in [-0.25, -0.2) is 9.59 Å². The molecule has 0 radical (unpaired) electrons. The van der Waals surface area contributed by atoms with E-state index in [1.807, 2.05) is 12.1 Å². The number of rotatable bonds is 1. The summed E-state index contributed by atoms with van der Waals surface area (Å²) in [5.74, 6) is -3.65. The largest absolute Gasteiger partial charge is 0.473 e. The van der Waals surface area contributed by atoms with Crippen LogP contribution >= 0.6 is 0 Å². The van der Waals surface area contributed by atoms with Crippen LogP contribution in [-0.4, -0.2) is 32.3 Å². The Labute approximate surface area is 79.2 Å². The van der Waals surface area contributed by atoms with Crippen LogP contribution in [0.25, 0.3) is 0 Å². The fourth-order valence-electron chi connectivity index (χ4n) is 0.442. The number of carboxylic acid groups (broad SMARTS) is 2. The van der Waals surface area contributed by atoms with Crippen molar-refractivity contribution in [3.05, 3.63) is 24.0 Å². The average Bonchev–Trinajstić information content (AvgIpc) is 2.20. The molecule has 1 heterocycles. The molecule has 1 aromatic rings. The zero-order chi connectivity index (χ0) is 11.0. The maximum Gasteiger partial charge on any atom is 0.414 e. The Bertz CT molecular complexity index is 289. The fourth-order valence-corrected chi connectivity index (χ4v) is 0.442. The average molecular weight is 199 g/mol. The Kier molecular flexibility index (Phi) is 5.55. The van der Waals surface area contributed by atoms with Gasteiger partial charge in [-0.05, 0) is 12.1 Å². The number of carboxylic acids is 2. The van der Waals surface area contributed by atoms with Crippen molar-refractivity contribution in [1.82, 2.24) is 10.2 Å². The summed E-state index contributed by atoms with van der Waals surface area (Å²) in [6.07, 6.45) is 1.62. The topological polar surface area (TPSA) is 126 Å². The Hall–Kier alpha value is -2.02. The molecule has 0 aromatic carbocycles. The SMILES string of the molecule is NCc1cccnn1.O=C(O)C(=O)O. The van der Waals surface area contributed by atoms with Crippen LogP contribution in [-0.2, 0) is 16.1 Å². The predicted molar refractivity (Wildman–Crippen MR) is 45.2 cm³/mol. The molecule has 0 aliphatic heterocycles. The maximum atomic E-state index is 9.10. The summed E-state index contributed by atoms with van der Waals surface area (Å²) in [6.45, 7) is 0.466. The molecule has 0 amide bonds. The molecule has 7 heteroatoms. The van der Waals surface area contributed by atoms with Gasteiger partial charge in [0.25, 0.3) is 0 Å². The van der Waals surface area contributed by atoms with E-state index in [1.54, 1.807) is 6.20 Å². The van der Waals surface area contributed by atoms with E-state index in [0.717, 1.165) is 5.69 Å².